The number of rotatable bonds is 5. The van der Waals surface area contributed by atoms with Crippen molar-refractivity contribution in [1.29, 1.82) is 0 Å². The molecule has 0 radical (unpaired) electrons. The largest absolute Gasteiger partial charge is 0.330 e. The highest BCUT2D eigenvalue weighted by Gasteiger charge is 2.05. The van der Waals surface area contributed by atoms with E-state index in [-0.39, 0.29) is 5.91 Å². The number of nitrogens with one attached hydrogen (secondary N) is 1. The maximum absolute atomic E-state index is 12.0. The predicted octanol–water partition coefficient (Wildman–Crippen LogP) is 2.23. The fourth-order valence-electron chi connectivity index (χ4n) is 1.81. The molecule has 0 aliphatic rings. The number of nitrogens with zero attached hydrogens (tertiary/aromatic N) is 1. The lowest BCUT2D eigenvalue weighted by Gasteiger charge is -2.07. The second-order valence-electron chi connectivity index (χ2n) is 4.29. The van der Waals surface area contributed by atoms with Gasteiger partial charge >= 0.3 is 0 Å². The zero-order valence-electron chi connectivity index (χ0n) is 10.7. The Morgan fingerprint density at radius 2 is 2.16 bits per heavy atom. The van der Waals surface area contributed by atoms with E-state index in [0.717, 1.165) is 18.5 Å². The summed E-state index contributed by atoms with van der Waals surface area (Å²) in [6, 6.07) is 11.3. The molecular formula is C15H17N3O. The number of amides is 1. The lowest BCUT2D eigenvalue weighted by molar-refractivity contribution is 0.102. The number of aromatic nitrogens is 1. The van der Waals surface area contributed by atoms with Gasteiger partial charge in [0.05, 0.1) is 5.56 Å². The molecule has 2 rings (SSSR count). The van der Waals surface area contributed by atoms with E-state index in [1.54, 1.807) is 24.5 Å². The molecule has 2 aromatic rings. The zero-order valence-corrected chi connectivity index (χ0v) is 10.7. The molecule has 3 N–H and O–H groups in total. The van der Waals surface area contributed by atoms with E-state index in [2.05, 4.69) is 10.3 Å². The van der Waals surface area contributed by atoms with Gasteiger partial charge in [0.25, 0.3) is 5.91 Å². The van der Waals surface area contributed by atoms with E-state index in [0.29, 0.717) is 12.1 Å². The summed E-state index contributed by atoms with van der Waals surface area (Å²) >= 11 is 0. The van der Waals surface area contributed by atoms with Gasteiger partial charge in [0.1, 0.15) is 0 Å². The van der Waals surface area contributed by atoms with Gasteiger partial charge in [-0.2, -0.15) is 0 Å². The Morgan fingerprint density at radius 1 is 1.26 bits per heavy atom. The van der Waals surface area contributed by atoms with Crippen LogP contribution >= 0.6 is 0 Å². The van der Waals surface area contributed by atoms with E-state index in [4.69, 9.17) is 5.73 Å². The van der Waals surface area contributed by atoms with Gasteiger partial charge in [-0.15, -0.1) is 0 Å². The summed E-state index contributed by atoms with van der Waals surface area (Å²) in [7, 11) is 0. The van der Waals surface area contributed by atoms with Crippen LogP contribution in [0.25, 0.3) is 0 Å². The molecule has 0 aliphatic heterocycles. The van der Waals surface area contributed by atoms with E-state index < -0.39 is 0 Å². The van der Waals surface area contributed by atoms with Crippen molar-refractivity contribution in [2.24, 2.45) is 5.73 Å². The maximum atomic E-state index is 12.0. The van der Waals surface area contributed by atoms with Crippen LogP contribution in [0.5, 0.6) is 0 Å². The monoisotopic (exact) mass is 255 g/mol. The third-order valence-electron chi connectivity index (χ3n) is 2.78. The fourth-order valence-corrected chi connectivity index (χ4v) is 1.81. The summed E-state index contributed by atoms with van der Waals surface area (Å²) in [5.74, 6) is -0.149. The third-order valence-corrected chi connectivity index (χ3v) is 2.78. The molecular weight excluding hydrogens is 238 g/mol. The highest BCUT2D eigenvalue weighted by molar-refractivity contribution is 6.04. The molecule has 0 spiro atoms. The van der Waals surface area contributed by atoms with Gasteiger partial charge in [0, 0.05) is 18.1 Å². The Kier molecular flexibility index (Phi) is 4.64. The van der Waals surface area contributed by atoms with Crippen LogP contribution in [0.1, 0.15) is 22.3 Å². The van der Waals surface area contributed by atoms with Crippen molar-refractivity contribution in [3.05, 3.63) is 59.9 Å². The number of benzene rings is 1. The van der Waals surface area contributed by atoms with Crippen LogP contribution in [0.15, 0.2) is 48.8 Å². The maximum Gasteiger partial charge on any atom is 0.257 e. The molecule has 4 nitrogen and oxygen atoms in total. The smallest absolute Gasteiger partial charge is 0.257 e. The molecule has 0 atom stereocenters. The minimum absolute atomic E-state index is 0.149. The number of carbonyl (C=O) groups is 1. The highest BCUT2D eigenvalue weighted by atomic mass is 16.1. The second-order valence-corrected chi connectivity index (χ2v) is 4.29. The van der Waals surface area contributed by atoms with Gasteiger partial charge in [-0.25, -0.2) is 0 Å². The number of pyridine rings is 1. The lowest BCUT2D eigenvalue weighted by atomic mass is 10.1. The van der Waals surface area contributed by atoms with E-state index >= 15 is 0 Å². The van der Waals surface area contributed by atoms with Crippen molar-refractivity contribution in [2.45, 2.75) is 12.8 Å². The summed E-state index contributed by atoms with van der Waals surface area (Å²) in [5, 5.41) is 2.86. The Labute approximate surface area is 112 Å². The van der Waals surface area contributed by atoms with Gasteiger partial charge in [0.15, 0.2) is 0 Å². The molecule has 0 aliphatic carbocycles. The summed E-state index contributed by atoms with van der Waals surface area (Å²) in [6.07, 6.45) is 5.06. The SMILES string of the molecule is NCCCc1cccc(NC(=O)c2cccnc2)c1. The minimum atomic E-state index is -0.149. The first-order valence-corrected chi connectivity index (χ1v) is 6.30. The van der Waals surface area contributed by atoms with Gasteiger partial charge in [0.2, 0.25) is 0 Å². The molecule has 19 heavy (non-hydrogen) atoms. The van der Waals surface area contributed by atoms with E-state index in [1.807, 2.05) is 24.3 Å². The van der Waals surface area contributed by atoms with Crippen molar-refractivity contribution < 1.29 is 4.79 Å². The first kappa shape index (κ1) is 13.2. The van der Waals surface area contributed by atoms with Crippen LogP contribution in [0.2, 0.25) is 0 Å². The standard InChI is InChI=1S/C15H17N3O/c16-8-2-5-12-4-1-7-14(10-12)18-15(19)13-6-3-9-17-11-13/h1,3-4,6-7,9-11H,2,5,8,16H2,(H,18,19). The molecule has 1 heterocycles. The van der Waals surface area contributed by atoms with Crippen molar-refractivity contribution in [1.82, 2.24) is 4.98 Å². The third kappa shape index (κ3) is 3.89. The number of hydrogen-bond donors (Lipinski definition) is 2. The normalized spacial score (nSPS) is 10.2. The molecule has 0 unspecified atom stereocenters. The summed E-state index contributed by atoms with van der Waals surface area (Å²) in [6.45, 7) is 0.673. The molecule has 1 aromatic heterocycles. The topological polar surface area (TPSA) is 68.0 Å². The molecule has 1 amide bonds. The number of hydrogen-bond acceptors (Lipinski definition) is 3. The van der Waals surface area contributed by atoms with Crippen molar-refractivity contribution in [3.8, 4) is 0 Å². The van der Waals surface area contributed by atoms with Crippen molar-refractivity contribution in [3.63, 3.8) is 0 Å². The van der Waals surface area contributed by atoms with Gasteiger partial charge < -0.3 is 11.1 Å². The molecule has 98 valence electrons. The minimum Gasteiger partial charge on any atom is -0.330 e. The molecule has 0 saturated heterocycles. The van der Waals surface area contributed by atoms with Crippen molar-refractivity contribution in [2.75, 3.05) is 11.9 Å². The molecule has 0 saturated carbocycles. The Bertz CT molecular complexity index is 540. The highest BCUT2D eigenvalue weighted by Crippen LogP contribution is 2.13. The number of carbonyl (C=O) groups excluding carboxylic acids is 1. The van der Waals surface area contributed by atoms with Crippen LogP contribution in [-0.4, -0.2) is 17.4 Å². The van der Waals surface area contributed by atoms with E-state index in [9.17, 15) is 4.79 Å². The van der Waals surface area contributed by atoms with Crippen LogP contribution in [0.3, 0.4) is 0 Å². The number of nitrogens with two attached hydrogens (primary N) is 1. The summed E-state index contributed by atoms with van der Waals surface area (Å²) in [4.78, 5) is 15.9. The zero-order chi connectivity index (χ0) is 13.5. The van der Waals surface area contributed by atoms with Gasteiger partial charge in [-0.3, -0.25) is 9.78 Å². The first-order chi connectivity index (χ1) is 9.29. The predicted molar refractivity (Wildman–Crippen MR) is 76.0 cm³/mol. The fraction of sp³-hybridized carbons (Fsp3) is 0.200. The van der Waals surface area contributed by atoms with Gasteiger partial charge in [-0.1, -0.05) is 12.1 Å². The quantitative estimate of drug-likeness (QED) is 0.860. The Balaban J connectivity index is 2.05. The molecule has 0 bridgehead atoms. The number of aryl methyl sites for hydroxylation is 1. The number of anilines is 1. The Morgan fingerprint density at radius 3 is 2.89 bits per heavy atom. The average Bonchev–Trinajstić information content (AvgIpc) is 2.46. The summed E-state index contributed by atoms with van der Waals surface area (Å²) in [5.41, 5.74) is 8.02. The lowest BCUT2D eigenvalue weighted by Crippen LogP contribution is -2.12. The van der Waals surface area contributed by atoms with Crippen LogP contribution in [-0.2, 0) is 6.42 Å². The molecule has 4 heteroatoms. The Hall–Kier alpha value is -2.20. The van der Waals surface area contributed by atoms with Crippen LogP contribution in [0.4, 0.5) is 5.69 Å². The molecule has 1 aromatic carbocycles. The molecule has 0 fully saturated rings. The van der Waals surface area contributed by atoms with Crippen LogP contribution in [0, 0.1) is 0 Å². The van der Waals surface area contributed by atoms with E-state index in [1.165, 1.54) is 5.56 Å². The van der Waals surface area contributed by atoms with Crippen molar-refractivity contribution >= 4 is 11.6 Å². The van der Waals surface area contributed by atoms with Gasteiger partial charge in [-0.05, 0) is 49.2 Å². The first-order valence-electron chi connectivity index (χ1n) is 6.30. The van der Waals surface area contributed by atoms with Crippen LogP contribution < -0.4 is 11.1 Å². The summed E-state index contributed by atoms with van der Waals surface area (Å²) < 4.78 is 0. The second kappa shape index (κ2) is 6.66. The average molecular weight is 255 g/mol.